The number of hydrogen-bond acceptors (Lipinski definition) is 8. The molecule has 0 aromatic heterocycles. The number of benzene rings is 2. The fourth-order valence-electron chi connectivity index (χ4n) is 2.36. The molecule has 0 aliphatic carbocycles. The molecule has 0 spiro atoms. The Morgan fingerprint density at radius 2 is 1.92 bits per heavy atom. The lowest BCUT2D eigenvalue weighted by Crippen LogP contribution is -2.25. The van der Waals surface area contributed by atoms with Crippen LogP contribution in [0, 0.1) is 4.91 Å². The van der Waals surface area contributed by atoms with Crippen molar-refractivity contribution in [2.24, 2.45) is 5.29 Å². The average molecular weight is 394 g/mol. The van der Waals surface area contributed by atoms with Crippen LogP contribution in [0.15, 0.2) is 57.5 Å². The van der Waals surface area contributed by atoms with Crippen molar-refractivity contribution in [1.82, 2.24) is 5.43 Å². The molecule has 3 rings (SSSR count). The molecule has 1 unspecified atom stereocenters. The molecule has 0 saturated carbocycles. The van der Waals surface area contributed by atoms with Gasteiger partial charge in [0.1, 0.15) is 0 Å². The lowest BCUT2D eigenvalue weighted by atomic mass is 10.2. The van der Waals surface area contributed by atoms with Crippen molar-refractivity contribution in [1.29, 1.82) is 0 Å². The molecule has 2 aromatic carbocycles. The number of hydrogen-bond donors (Lipinski definition) is 4. The first kappa shape index (κ1) is 18.2. The van der Waals surface area contributed by atoms with Crippen molar-refractivity contribution < 1.29 is 18.3 Å². The second-order valence-electron chi connectivity index (χ2n) is 5.58. The van der Waals surface area contributed by atoms with Gasteiger partial charge in [-0.15, -0.1) is 4.91 Å². The van der Waals surface area contributed by atoms with E-state index in [1.54, 1.807) is 18.4 Å². The minimum absolute atomic E-state index is 0.0222. The molecule has 1 atom stereocenters. The van der Waals surface area contributed by atoms with Crippen LogP contribution >= 0.6 is 11.8 Å². The number of aliphatic hydroxyl groups is 1. The molecule has 0 fully saturated rings. The van der Waals surface area contributed by atoms with Gasteiger partial charge in [0, 0.05) is 16.1 Å². The minimum atomic E-state index is -3.87. The number of thioether (sulfide) groups is 1. The zero-order valence-electron chi connectivity index (χ0n) is 13.4. The first-order chi connectivity index (χ1) is 12.2. The molecular formula is C15H14N4O5S2. The standard InChI is InChI=1S/C15H14N4O5S2/c1-15(21)16-12-8-11(6-7-13(12)25-15)26(23,24)18-10-4-2-9(3-5-10)14(20)17-19-22/h2-8,16,18,21H,1H3,(H,17,20,22). The zero-order chi connectivity index (χ0) is 18.9. The Kier molecular flexibility index (Phi) is 4.61. The van der Waals surface area contributed by atoms with Crippen LogP contribution in [-0.4, -0.2) is 24.5 Å². The van der Waals surface area contributed by atoms with Crippen LogP contribution in [0.5, 0.6) is 0 Å². The summed E-state index contributed by atoms with van der Waals surface area (Å²) in [6, 6.07) is 9.99. The largest absolute Gasteiger partial charge is 0.362 e. The molecule has 9 nitrogen and oxygen atoms in total. The van der Waals surface area contributed by atoms with Gasteiger partial charge in [-0.2, -0.15) is 0 Å². The Balaban J connectivity index is 1.80. The third-order valence-electron chi connectivity index (χ3n) is 3.48. The molecule has 136 valence electrons. The van der Waals surface area contributed by atoms with E-state index in [1.165, 1.54) is 48.2 Å². The number of fused-ring (bicyclic) bond motifs is 1. The van der Waals surface area contributed by atoms with E-state index in [2.05, 4.69) is 15.3 Å². The Hall–Kier alpha value is -2.63. The normalized spacial score (nSPS) is 18.5. The molecule has 11 heteroatoms. The van der Waals surface area contributed by atoms with Gasteiger partial charge in [-0.25, -0.2) is 13.8 Å². The van der Waals surface area contributed by atoms with Gasteiger partial charge >= 0.3 is 0 Å². The summed E-state index contributed by atoms with van der Waals surface area (Å²) in [6.45, 7) is 1.57. The van der Waals surface area contributed by atoms with E-state index in [1.807, 2.05) is 0 Å². The van der Waals surface area contributed by atoms with Crippen LogP contribution in [0.2, 0.25) is 0 Å². The van der Waals surface area contributed by atoms with E-state index < -0.39 is 21.0 Å². The van der Waals surface area contributed by atoms with Gasteiger partial charge in [0.2, 0.25) is 0 Å². The molecule has 0 radical (unpaired) electrons. The molecule has 1 amide bonds. The molecule has 1 aliphatic rings. The average Bonchev–Trinajstić information content (AvgIpc) is 2.88. The van der Waals surface area contributed by atoms with Crippen LogP contribution in [0.1, 0.15) is 17.3 Å². The third-order valence-corrected chi connectivity index (χ3v) is 5.94. The number of nitrogens with zero attached hydrogens (tertiary/aromatic N) is 1. The SMILES string of the molecule is CC1(O)Nc2cc(S(=O)(=O)Nc3ccc(C(=O)NN=O)cc3)ccc2S1. The molecule has 1 aliphatic heterocycles. The summed E-state index contributed by atoms with van der Waals surface area (Å²) in [7, 11) is -3.87. The highest BCUT2D eigenvalue weighted by atomic mass is 32.2. The summed E-state index contributed by atoms with van der Waals surface area (Å²) in [4.78, 5) is 22.2. The lowest BCUT2D eigenvalue weighted by molar-refractivity contribution is 0.0954. The van der Waals surface area contributed by atoms with Gasteiger partial charge in [-0.1, -0.05) is 11.8 Å². The van der Waals surface area contributed by atoms with E-state index in [0.717, 1.165) is 4.90 Å². The number of nitroso groups, excluding NO2 is 1. The van der Waals surface area contributed by atoms with E-state index in [-0.39, 0.29) is 16.1 Å². The summed E-state index contributed by atoms with van der Waals surface area (Å²) < 4.78 is 27.5. The summed E-state index contributed by atoms with van der Waals surface area (Å²) in [5, 5.41) is 13.9. The highest BCUT2D eigenvalue weighted by Crippen LogP contribution is 2.44. The summed E-state index contributed by atoms with van der Waals surface area (Å²) in [5.41, 5.74) is 2.68. The number of rotatable bonds is 5. The van der Waals surface area contributed by atoms with Crippen molar-refractivity contribution in [2.45, 2.75) is 21.8 Å². The fourth-order valence-corrected chi connectivity index (χ4v) is 4.39. The number of sulfonamides is 1. The van der Waals surface area contributed by atoms with Crippen molar-refractivity contribution in [2.75, 3.05) is 10.0 Å². The van der Waals surface area contributed by atoms with Crippen LogP contribution < -0.4 is 15.5 Å². The Labute approximate surface area is 153 Å². The van der Waals surface area contributed by atoms with Crippen molar-refractivity contribution in [3.8, 4) is 0 Å². The number of nitrogens with one attached hydrogen (secondary N) is 3. The van der Waals surface area contributed by atoms with Crippen molar-refractivity contribution in [3.63, 3.8) is 0 Å². The van der Waals surface area contributed by atoms with Crippen LogP contribution in [0.4, 0.5) is 11.4 Å². The Morgan fingerprint density at radius 1 is 1.23 bits per heavy atom. The highest BCUT2D eigenvalue weighted by Gasteiger charge is 2.31. The number of anilines is 2. The molecule has 0 saturated heterocycles. The molecule has 0 bridgehead atoms. The summed E-state index contributed by atoms with van der Waals surface area (Å²) in [5.74, 6) is -0.691. The molecule has 2 aromatic rings. The summed E-state index contributed by atoms with van der Waals surface area (Å²) in [6.07, 6.45) is 0. The lowest BCUT2D eigenvalue weighted by Gasteiger charge is -2.15. The van der Waals surface area contributed by atoms with E-state index >= 15 is 0 Å². The number of carbonyl (C=O) groups excluding carboxylic acids is 1. The predicted molar refractivity (Wildman–Crippen MR) is 97.1 cm³/mol. The van der Waals surface area contributed by atoms with E-state index in [4.69, 9.17) is 0 Å². The highest BCUT2D eigenvalue weighted by molar-refractivity contribution is 8.01. The maximum atomic E-state index is 12.5. The second kappa shape index (κ2) is 6.59. The van der Waals surface area contributed by atoms with Gasteiger partial charge in [0.05, 0.1) is 15.9 Å². The van der Waals surface area contributed by atoms with E-state index in [9.17, 15) is 23.2 Å². The Bertz CT molecular complexity index is 974. The van der Waals surface area contributed by atoms with Gasteiger partial charge in [0.15, 0.2) is 5.06 Å². The maximum absolute atomic E-state index is 12.5. The van der Waals surface area contributed by atoms with Crippen LogP contribution in [-0.2, 0) is 10.0 Å². The summed E-state index contributed by atoms with van der Waals surface area (Å²) >= 11 is 1.19. The van der Waals surface area contributed by atoms with E-state index in [0.29, 0.717) is 5.69 Å². The first-order valence-corrected chi connectivity index (χ1v) is 9.59. The van der Waals surface area contributed by atoms with Gasteiger partial charge in [0.25, 0.3) is 15.9 Å². The first-order valence-electron chi connectivity index (χ1n) is 7.29. The van der Waals surface area contributed by atoms with Crippen molar-refractivity contribution >= 4 is 39.1 Å². The minimum Gasteiger partial charge on any atom is -0.362 e. The van der Waals surface area contributed by atoms with Gasteiger partial charge in [-0.05, 0) is 49.4 Å². The topological polar surface area (TPSA) is 137 Å². The van der Waals surface area contributed by atoms with Gasteiger partial charge in [-0.3, -0.25) is 9.52 Å². The van der Waals surface area contributed by atoms with Crippen LogP contribution in [0.25, 0.3) is 0 Å². The quantitative estimate of drug-likeness (QED) is 0.450. The molecule has 4 N–H and O–H groups in total. The number of amides is 1. The smallest absolute Gasteiger partial charge is 0.273 e. The third kappa shape index (κ3) is 3.79. The predicted octanol–water partition coefficient (Wildman–Crippen LogP) is 2.08. The van der Waals surface area contributed by atoms with Crippen molar-refractivity contribution in [3.05, 3.63) is 52.9 Å². The Morgan fingerprint density at radius 3 is 2.58 bits per heavy atom. The fraction of sp³-hybridized carbons (Fsp3) is 0.133. The van der Waals surface area contributed by atoms with Crippen LogP contribution in [0.3, 0.4) is 0 Å². The molecular weight excluding hydrogens is 380 g/mol. The second-order valence-corrected chi connectivity index (χ2v) is 8.70. The monoisotopic (exact) mass is 394 g/mol. The maximum Gasteiger partial charge on any atom is 0.273 e. The molecule has 1 heterocycles. The number of carbonyl (C=O) groups is 1. The molecule has 26 heavy (non-hydrogen) atoms. The van der Waals surface area contributed by atoms with Gasteiger partial charge < -0.3 is 10.4 Å². The zero-order valence-corrected chi connectivity index (χ0v) is 15.0.